The Balaban J connectivity index is 2.44. The normalized spacial score (nSPS) is 11.8. The van der Waals surface area contributed by atoms with Gasteiger partial charge in [-0.25, -0.2) is 4.98 Å². The molecule has 1 heterocycles. The van der Waals surface area contributed by atoms with Crippen LogP contribution in [0.5, 0.6) is 0 Å². The maximum Gasteiger partial charge on any atom is 0.417 e. The third kappa shape index (κ3) is 5.47. The van der Waals surface area contributed by atoms with Gasteiger partial charge in [-0.1, -0.05) is 23.4 Å². The predicted molar refractivity (Wildman–Crippen MR) is 91.3 cm³/mol. The summed E-state index contributed by atoms with van der Waals surface area (Å²) < 4.78 is 38.9. The van der Waals surface area contributed by atoms with Gasteiger partial charge in [0.1, 0.15) is 5.69 Å². The number of hydrogen-bond donors (Lipinski definition) is 0. The minimum Gasteiger partial charge on any atom is -0.369 e. The van der Waals surface area contributed by atoms with Crippen LogP contribution in [0.1, 0.15) is 16.1 Å². The van der Waals surface area contributed by atoms with Gasteiger partial charge in [0, 0.05) is 35.1 Å². The van der Waals surface area contributed by atoms with Crippen LogP contribution < -0.4 is 0 Å². The third-order valence-corrected chi connectivity index (χ3v) is 4.12. The summed E-state index contributed by atoms with van der Waals surface area (Å²) in [6.07, 6.45) is -2.67. The Labute approximate surface area is 151 Å². The molecule has 0 saturated heterocycles. The van der Waals surface area contributed by atoms with Gasteiger partial charge in [0.15, 0.2) is 0 Å². The van der Waals surface area contributed by atoms with Crippen molar-refractivity contribution in [1.29, 1.82) is 0 Å². The monoisotopic (exact) mass is 387 g/mol. The van der Waals surface area contributed by atoms with E-state index in [1.165, 1.54) is 11.2 Å². The van der Waals surface area contributed by atoms with Crippen molar-refractivity contribution in [1.82, 2.24) is 9.88 Å². The number of nitrogens with zero attached hydrogens (tertiary/aromatic N) is 3. The zero-order valence-electron chi connectivity index (χ0n) is 13.2. The van der Waals surface area contributed by atoms with E-state index in [1.54, 1.807) is 38.4 Å². The molecule has 0 aliphatic rings. The summed E-state index contributed by atoms with van der Waals surface area (Å²) in [4.78, 5) is 21.8. The van der Waals surface area contributed by atoms with Gasteiger partial charge < -0.3 is 4.90 Å². The third-order valence-electron chi connectivity index (χ3n) is 2.83. The van der Waals surface area contributed by atoms with E-state index in [1.807, 2.05) is 0 Å². The number of pyridine rings is 1. The lowest BCUT2D eigenvalue weighted by Crippen LogP contribution is -2.12. The largest absolute Gasteiger partial charge is 0.417 e. The van der Waals surface area contributed by atoms with Gasteiger partial charge in [0.25, 0.3) is 5.91 Å². The van der Waals surface area contributed by atoms with Crippen LogP contribution >= 0.6 is 23.4 Å². The highest BCUT2D eigenvalue weighted by Gasteiger charge is 2.32. The van der Waals surface area contributed by atoms with Crippen molar-refractivity contribution in [2.75, 3.05) is 14.1 Å². The van der Waals surface area contributed by atoms with Crippen molar-refractivity contribution in [3.05, 3.63) is 52.8 Å². The van der Waals surface area contributed by atoms with Gasteiger partial charge in [-0.2, -0.15) is 18.2 Å². The second-order valence-electron chi connectivity index (χ2n) is 5.14. The molecule has 0 N–H and O–H groups in total. The lowest BCUT2D eigenvalue weighted by Gasteiger charge is -2.11. The number of amides is 1. The number of halogens is 4. The van der Waals surface area contributed by atoms with Crippen LogP contribution in [0.15, 0.2) is 51.3 Å². The zero-order valence-corrected chi connectivity index (χ0v) is 14.8. The lowest BCUT2D eigenvalue weighted by molar-refractivity contribution is -0.138. The van der Waals surface area contributed by atoms with Crippen molar-refractivity contribution in [2.45, 2.75) is 16.0 Å². The van der Waals surface area contributed by atoms with Gasteiger partial charge in [-0.15, -0.1) is 0 Å². The van der Waals surface area contributed by atoms with Crippen molar-refractivity contribution < 1.29 is 18.0 Å². The highest BCUT2D eigenvalue weighted by molar-refractivity contribution is 7.99. The van der Waals surface area contributed by atoms with E-state index in [0.717, 1.165) is 17.8 Å². The average Bonchev–Trinajstić information content (AvgIpc) is 2.54. The van der Waals surface area contributed by atoms with Crippen LogP contribution in [0.4, 0.5) is 13.2 Å². The highest BCUT2D eigenvalue weighted by atomic mass is 35.5. The summed E-state index contributed by atoms with van der Waals surface area (Å²) in [6, 6.07) is 7.40. The molecule has 2 rings (SSSR count). The molecule has 0 unspecified atom stereocenters. The van der Waals surface area contributed by atoms with Crippen molar-refractivity contribution >= 4 is 35.6 Å². The Morgan fingerprint density at radius 3 is 2.48 bits per heavy atom. The summed E-state index contributed by atoms with van der Waals surface area (Å²) in [7, 11) is 3.33. The molecule has 2 aromatic rings. The molecule has 4 nitrogen and oxygen atoms in total. The topological polar surface area (TPSA) is 45.6 Å². The second kappa shape index (κ2) is 7.88. The molecule has 0 saturated carbocycles. The Hall–Kier alpha value is -2.06. The number of aromatic nitrogens is 1. The summed E-state index contributed by atoms with van der Waals surface area (Å²) in [5, 5.41) is 0.499. The molecule has 25 heavy (non-hydrogen) atoms. The molecule has 0 spiro atoms. The second-order valence-corrected chi connectivity index (χ2v) is 6.69. The molecule has 0 radical (unpaired) electrons. The molecular formula is C16H13ClF3N3OS. The first kappa shape index (κ1) is 19.3. The van der Waals surface area contributed by atoms with Crippen LogP contribution in [0.25, 0.3) is 0 Å². The van der Waals surface area contributed by atoms with Crippen LogP contribution in [0.3, 0.4) is 0 Å². The van der Waals surface area contributed by atoms with Gasteiger partial charge >= 0.3 is 6.18 Å². The maximum absolute atomic E-state index is 13.0. The maximum atomic E-state index is 13.0. The van der Waals surface area contributed by atoms with E-state index < -0.39 is 17.6 Å². The van der Waals surface area contributed by atoms with E-state index in [-0.39, 0.29) is 10.6 Å². The fraction of sp³-hybridized carbons (Fsp3) is 0.188. The fourth-order valence-electron chi connectivity index (χ4n) is 1.70. The number of alkyl halides is 3. The van der Waals surface area contributed by atoms with Crippen LogP contribution in [0.2, 0.25) is 5.02 Å². The number of carbonyl (C=O) groups excluding carboxylic acids is 1. The quantitative estimate of drug-likeness (QED) is 0.566. The standard InChI is InChI=1S/C16H13ClF3N3OS/c1-23(2)9-22-15(24)14-13(7-10(8-21-14)16(18,19)20)25-12-5-3-11(17)4-6-12/h3-9H,1-2H3. The molecule has 1 aromatic carbocycles. The Kier molecular flexibility index (Phi) is 6.07. The van der Waals surface area contributed by atoms with Crippen molar-refractivity contribution in [3.63, 3.8) is 0 Å². The van der Waals surface area contributed by atoms with Crippen LogP contribution in [-0.2, 0) is 6.18 Å². The van der Waals surface area contributed by atoms with E-state index in [9.17, 15) is 18.0 Å². The van der Waals surface area contributed by atoms with Crippen molar-refractivity contribution in [3.8, 4) is 0 Å². The summed E-state index contributed by atoms with van der Waals surface area (Å²) >= 11 is 6.79. The van der Waals surface area contributed by atoms with E-state index in [2.05, 4.69) is 9.98 Å². The summed E-state index contributed by atoms with van der Waals surface area (Å²) in [6.45, 7) is 0. The smallest absolute Gasteiger partial charge is 0.369 e. The summed E-state index contributed by atoms with van der Waals surface area (Å²) in [5.41, 5.74) is -1.08. The molecule has 1 aromatic heterocycles. The molecule has 0 bridgehead atoms. The highest BCUT2D eigenvalue weighted by Crippen LogP contribution is 2.36. The number of hydrogen-bond acceptors (Lipinski definition) is 3. The number of benzene rings is 1. The molecular weight excluding hydrogens is 375 g/mol. The van der Waals surface area contributed by atoms with Crippen molar-refractivity contribution in [2.24, 2.45) is 4.99 Å². The molecule has 0 fully saturated rings. The minimum absolute atomic E-state index is 0.0676. The Bertz CT molecular complexity index is 792. The predicted octanol–water partition coefficient (Wildman–Crippen LogP) is 4.64. The fourth-order valence-corrected chi connectivity index (χ4v) is 2.77. The number of aliphatic imine (C=N–C) groups is 1. The molecule has 0 aliphatic heterocycles. The summed E-state index contributed by atoms with van der Waals surface area (Å²) in [5.74, 6) is -0.723. The first-order chi connectivity index (χ1) is 11.7. The minimum atomic E-state index is -4.56. The number of rotatable bonds is 4. The van der Waals surface area contributed by atoms with Gasteiger partial charge in [-0.05, 0) is 30.3 Å². The number of carbonyl (C=O) groups is 1. The average molecular weight is 388 g/mol. The zero-order chi connectivity index (χ0) is 18.6. The molecule has 1 amide bonds. The first-order valence-corrected chi connectivity index (χ1v) is 8.12. The van der Waals surface area contributed by atoms with E-state index >= 15 is 0 Å². The van der Waals surface area contributed by atoms with E-state index in [0.29, 0.717) is 16.1 Å². The first-order valence-electron chi connectivity index (χ1n) is 6.92. The Morgan fingerprint density at radius 1 is 1.28 bits per heavy atom. The molecule has 132 valence electrons. The SMILES string of the molecule is CN(C)C=NC(=O)c1ncc(C(F)(F)F)cc1Sc1ccc(Cl)cc1. The molecule has 0 atom stereocenters. The van der Waals surface area contributed by atoms with Crippen LogP contribution in [-0.4, -0.2) is 36.2 Å². The Morgan fingerprint density at radius 2 is 1.92 bits per heavy atom. The van der Waals surface area contributed by atoms with Crippen LogP contribution in [0, 0.1) is 0 Å². The van der Waals surface area contributed by atoms with Gasteiger partial charge in [-0.3, -0.25) is 4.79 Å². The van der Waals surface area contributed by atoms with Gasteiger partial charge in [0.2, 0.25) is 0 Å². The molecule has 9 heteroatoms. The lowest BCUT2D eigenvalue weighted by atomic mass is 10.2. The molecule has 0 aliphatic carbocycles. The van der Waals surface area contributed by atoms with E-state index in [4.69, 9.17) is 11.6 Å². The van der Waals surface area contributed by atoms with Gasteiger partial charge in [0.05, 0.1) is 11.9 Å².